The van der Waals surface area contributed by atoms with E-state index in [0.29, 0.717) is 25.1 Å². The van der Waals surface area contributed by atoms with Gasteiger partial charge in [-0.25, -0.2) is 0 Å². The number of benzene rings is 3. The molecule has 3 N–H and O–H groups in total. The van der Waals surface area contributed by atoms with Crippen LogP contribution in [0.3, 0.4) is 0 Å². The predicted octanol–water partition coefficient (Wildman–Crippen LogP) is 5.32. The molecule has 2 amide bonds. The van der Waals surface area contributed by atoms with Gasteiger partial charge in [-0.05, 0) is 42.0 Å². The number of carbonyl (C=O) groups excluding carboxylic acids is 2. The average Bonchev–Trinajstić information content (AvgIpc) is 2.94. The highest BCUT2D eigenvalue weighted by atomic mass is 16.5. The van der Waals surface area contributed by atoms with Crippen molar-refractivity contribution >= 4 is 17.5 Å². The van der Waals surface area contributed by atoms with Gasteiger partial charge in [0.05, 0.1) is 7.11 Å². The summed E-state index contributed by atoms with van der Waals surface area (Å²) in [6.45, 7) is 8.99. The molecule has 3 aromatic rings. The molecule has 3 aromatic carbocycles. The summed E-state index contributed by atoms with van der Waals surface area (Å²) in [5.41, 5.74) is 2.44. The average molecular weight is 478 g/mol. The zero-order valence-corrected chi connectivity index (χ0v) is 21.5. The second-order valence-electron chi connectivity index (χ2n) is 7.03. The van der Waals surface area contributed by atoms with Crippen LogP contribution in [0, 0.1) is 0 Å². The number of rotatable bonds is 10. The van der Waals surface area contributed by atoms with Crippen LogP contribution >= 0.6 is 0 Å². The molecule has 0 radical (unpaired) electrons. The van der Waals surface area contributed by atoms with Crippen molar-refractivity contribution in [2.24, 2.45) is 0 Å². The highest BCUT2D eigenvalue weighted by Crippen LogP contribution is 2.14. The number of nitrogens with one attached hydrogen (secondary N) is 3. The van der Waals surface area contributed by atoms with Gasteiger partial charge in [-0.1, -0.05) is 76.2 Å². The maximum absolute atomic E-state index is 12.8. The second-order valence-corrected chi connectivity index (χ2v) is 7.03. The quantitative estimate of drug-likeness (QED) is 0.346. The van der Waals surface area contributed by atoms with Crippen molar-refractivity contribution < 1.29 is 14.3 Å². The minimum Gasteiger partial charge on any atom is -0.497 e. The Hall–Kier alpha value is -3.80. The van der Waals surface area contributed by atoms with Gasteiger partial charge in [-0.15, -0.1) is 0 Å². The van der Waals surface area contributed by atoms with E-state index < -0.39 is 6.04 Å². The summed E-state index contributed by atoms with van der Waals surface area (Å²) in [5.74, 6) is 0.300. The fraction of sp³-hybridized carbons (Fsp3) is 0.310. The number of hydrogen-bond donors (Lipinski definition) is 3. The van der Waals surface area contributed by atoms with Crippen LogP contribution in [0.25, 0.3) is 0 Å². The first-order chi connectivity index (χ1) is 17.2. The van der Waals surface area contributed by atoms with Crippen molar-refractivity contribution in [1.29, 1.82) is 0 Å². The van der Waals surface area contributed by atoms with Crippen LogP contribution in [0.4, 0.5) is 5.69 Å². The lowest BCUT2D eigenvalue weighted by Gasteiger charge is -2.19. The van der Waals surface area contributed by atoms with E-state index in [0.717, 1.165) is 17.0 Å². The summed E-state index contributed by atoms with van der Waals surface area (Å²) in [6.07, 6.45) is 0.414. The van der Waals surface area contributed by atoms with Gasteiger partial charge in [0.25, 0.3) is 5.91 Å². The first kappa shape index (κ1) is 29.2. The van der Waals surface area contributed by atoms with E-state index >= 15 is 0 Å². The number of ether oxygens (including phenoxy) is 1. The van der Waals surface area contributed by atoms with Crippen LogP contribution in [0.5, 0.6) is 5.75 Å². The number of hydrogen-bond acceptors (Lipinski definition) is 4. The van der Waals surface area contributed by atoms with Gasteiger partial charge in [0, 0.05) is 30.8 Å². The normalized spacial score (nSPS) is 10.3. The van der Waals surface area contributed by atoms with Gasteiger partial charge in [0.15, 0.2) is 0 Å². The lowest BCUT2D eigenvalue weighted by atomic mass is 10.0. The van der Waals surface area contributed by atoms with Crippen LogP contribution in [0.15, 0.2) is 84.9 Å². The molecule has 0 aliphatic rings. The Morgan fingerprint density at radius 2 is 1.34 bits per heavy atom. The van der Waals surface area contributed by atoms with Crippen LogP contribution in [0.2, 0.25) is 0 Å². The van der Waals surface area contributed by atoms with Crippen LogP contribution in [0.1, 0.15) is 43.6 Å². The van der Waals surface area contributed by atoms with E-state index in [4.69, 9.17) is 4.74 Å². The number of amides is 2. The molecule has 6 heteroatoms. The molecule has 0 aliphatic heterocycles. The van der Waals surface area contributed by atoms with Gasteiger partial charge in [0.1, 0.15) is 11.8 Å². The molecule has 0 bridgehead atoms. The summed E-state index contributed by atoms with van der Waals surface area (Å²) < 4.78 is 5.15. The van der Waals surface area contributed by atoms with E-state index in [2.05, 4.69) is 16.0 Å². The Kier molecular flexibility index (Phi) is 14.7. The molecule has 188 valence electrons. The minimum atomic E-state index is -0.670. The van der Waals surface area contributed by atoms with Crippen LogP contribution < -0.4 is 20.7 Å². The van der Waals surface area contributed by atoms with Crippen molar-refractivity contribution in [3.63, 3.8) is 0 Å². The Labute approximate surface area is 210 Å². The number of carbonyl (C=O) groups is 2. The van der Waals surface area contributed by atoms with Crippen molar-refractivity contribution in [2.75, 3.05) is 25.5 Å². The summed E-state index contributed by atoms with van der Waals surface area (Å²) in [6, 6.07) is 25.5. The van der Waals surface area contributed by atoms with E-state index in [1.165, 1.54) is 0 Å². The fourth-order valence-electron chi connectivity index (χ4n) is 3.11. The maximum Gasteiger partial charge on any atom is 0.251 e. The molecule has 35 heavy (non-hydrogen) atoms. The van der Waals surface area contributed by atoms with Crippen molar-refractivity contribution in [3.05, 3.63) is 96.1 Å². The standard InChI is InChI=1S/C25H27N3O3.2C2H6/c1-31-22-14-12-21(13-15-22)26-16-17-27-25(30)23(18-19-8-4-2-5-9-19)28-24(29)20-10-6-3-7-11-20;2*1-2/h2-15,23,26H,16-18H2,1H3,(H,27,30)(H,28,29);2*1-2H3/t23-;;/m0../s1. The highest BCUT2D eigenvalue weighted by Gasteiger charge is 2.21. The lowest BCUT2D eigenvalue weighted by molar-refractivity contribution is -0.122. The molecule has 0 aromatic heterocycles. The van der Waals surface area contributed by atoms with Crippen LogP contribution in [-0.2, 0) is 11.2 Å². The first-order valence-corrected chi connectivity index (χ1v) is 12.2. The Bertz CT molecular complexity index is 961. The lowest BCUT2D eigenvalue weighted by Crippen LogP contribution is -2.48. The maximum atomic E-state index is 12.8. The van der Waals surface area contributed by atoms with Gasteiger partial charge in [-0.3, -0.25) is 9.59 Å². The van der Waals surface area contributed by atoms with Crippen molar-refractivity contribution in [2.45, 2.75) is 40.2 Å². The van der Waals surface area contributed by atoms with Gasteiger partial charge < -0.3 is 20.7 Å². The predicted molar refractivity (Wildman–Crippen MR) is 145 cm³/mol. The molecule has 0 saturated heterocycles. The first-order valence-electron chi connectivity index (χ1n) is 12.2. The summed E-state index contributed by atoms with van der Waals surface area (Å²) >= 11 is 0. The molecule has 0 heterocycles. The monoisotopic (exact) mass is 477 g/mol. The molecular formula is C29H39N3O3. The zero-order chi connectivity index (χ0) is 25.9. The summed E-state index contributed by atoms with van der Waals surface area (Å²) in [4.78, 5) is 25.4. The largest absolute Gasteiger partial charge is 0.497 e. The van der Waals surface area contributed by atoms with Crippen molar-refractivity contribution in [3.8, 4) is 5.75 Å². The molecule has 0 fully saturated rings. The van der Waals surface area contributed by atoms with E-state index in [1.54, 1.807) is 31.4 Å². The number of anilines is 1. The molecule has 0 aliphatic carbocycles. The highest BCUT2D eigenvalue weighted by molar-refractivity contribution is 5.97. The van der Waals surface area contributed by atoms with E-state index in [1.807, 2.05) is 88.4 Å². The van der Waals surface area contributed by atoms with Crippen LogP contribution in [-0.4, -0.2) is 38.1 Å². The molecule has 3 rings (SSSR count). The minimum absolute atomic E-state index is 0.218. The van der Waals surface area contributed by atoms with Gasteiger partial charge >= 0.3 is 0 Å². The second kappa shape index (κ2) is 17.6. The summed E-state index contributed by atoms with van der Waals surface area (Å²) in [5, 5.41) is 9.03. The van der Waals surface area contributed by atoms with E-state index in [-0.39, 0.29) is 11.8 Å². The molecule has 6 nitrogen and oxygen atoms in total. The Morgan fingerprint density at radius 1 is 0.771 bits per heavy atom. The third-order valence-electron chi connectivity index (χ3n) is 4.78. The third kappa shape index (κ3) is 10.8. The SMILES string of the molecule is CC.CC.COc1ccc(NCCNC(=O)[C@H](Cc2ccccc2)NC(=O)c2ccccc2)cc1. The smallest absolute Gasteiger partial charge is 0.251 e. The Morgan fingerprint density at radius 3 is 1.91 bits per heavy atom. The summed E-state index contributed by atoms with van der Waals surface area (Å²) in [7, 11) is 1.63. The van der Waals surface area contributed by atoms with Crippen molar-refractivity contribution in [1.82, 2.24) is 10.6 Å². The van der Waals surface area contributed by atoms with Gasteiger partial charge in [-0.2, -0.15) is 0 Å². The van der Waals surface area contributed by atoms with Gasteiger partial charge in [0.2, 0.25) is 5.91 Å². The molecular weight excluding hydrogens is 438 g/mol. The molecule has 1 atom stereocenters. The third-order valence-corrected chi connectivity index (χ3v) is 4.78. The topological polar surface area (TPSA) is 79.5 Å². The zero-order valence-electron chi connectivity index (χ0n) is 21.5. The Balaban J connectivity index is 0.00000145. The fourth-order valence-corrected chi connectivity index (χ4v) is 3.11. The molecule has 0 saturated carbocycles. The molecule has 0 spiro atoms. The molecule has 0 unspecified atom stereocenters. The van der Waals surface area contributed by atoms with E-state index in [9.17, 15) is 9.59 Å². The number of methoxy groups -OCH3 is 1.